The molecule has 0 saturated heterocycles. The summed E-state index contributed by atoms with van der Waals surface area (Å²) in [7, 11) is -3.12. The Hall–Kier alpha value is -1.19. The molecule has 5 N–H and O–H groups in total. The van der Waals surface area contributed by atoms with E-state index in [9.17, 15) is 8.42 Å². The molecule has 0 spiro atoms. The Morgan fingerprint density at radius 3 is 2.78 bits per heavy atom. The van der Waals surface area contributed by atoms with Crippen LogP contribution in [0.5, 0.6) is 0 Å². The Bertz CT molecular complexity index is 457. The number of sulfonamides is 1. The van der Waals surface area contributed by atoms with Gasteiger partial charge in [-0.3, -0.25) is 5.10 Å². The van der Waals surface area contributed by atoms with E-state index in [-0.39, 0.29) is 17.7 Å². The maximum absolute atomic E-state index is 11.2. The van der Waals surface area contributed by atoms with Crippen molar-refractivity contribution in [3.63, 3.8) is 0 Å². The number of aromatic nitrogens is 3. The van der Waals surface area contributed by atoms with Crippen LogP contribution in [0.15, 0.2) is 0 Å². The standard InChI is InChI=1S/C9H20N6O2S/c1-3-18(16,17)12-6-7(2)11-5-4-8-13-9(10)15-14-8/h7,11-12H,3-6H2,1-2H3,(H3,10,13,14,15)/t7-/m1/s1. The molecular formula is C9H20N6O2S. The number of H-pyrrole nitrogens is 1. The van der Waals surface area contributed by atoms with Gasteiger partial charge < -0.3 is 11.1 Å². The van der Waals surface area contributed by atoms with Gasteiger partial charge >= 0.3 is 0 Å². The summed E-state index contributed by atoms with van der Waals surface area (Å²) in [4.78, 5) is 3.97. The maximum atomic E-state index is 11.2. The average molecular weight is 276 g/mol. The third kappa shape index (κ3) is 5.43. The van der Waals surface area contributed by atoms with Gasteiger partial charge in [0.05, 0.1) is 5.75 Å². The van der Waals surface area contributed by atoms with Gasteiger partial charge in [0.1, 0.15) is 5.82 Å². The molecule has 0 amide bonds. The zero-order valence-corrected chi connectivity index (χ0v) is 11.4. The molecule has 1 heterocycles. The average Bonchev–Trinajstić information content (AvgIpc) is 2.73. The van der Waals surface area contributed by atoms with Crippen molar-refractivity contribution >= 4 is 16.0 Å². The Morgan fingerprint density at radius 2 is 2.22 bits per heavy atom. The van der Waals surface area contributed by atoms with Crippen LogP contribution in [0, 0.1) is 0 Å². The molecule has 0 unspecified atom stereocenters. The molecule has 0 radical (unpaired) electrons. The summed E-state index contributed by atoms with van der Waals surface area (Å²) in [5, 5.41) is 9.60. The Kier molecular flexibility index (Phi) is 5.51. The molecule has 0 bridgehead atoms. The molecule has 9 heteroatoms. The van der Waals surface area contributed by atoms with Crippen molar-refractivity contribution in [1.29, 1.82) is 0 Å². The van der Waals surface area contributed by atoms with E-state index in [1.807, 2.05) is 6.92 Å². The third-order valence-electron chi connectivity index (χ3n) is 2.39. The molecule has 0 aliphatic heterocycles. The van der Waals surface area contributed by atoms with Gasteiger partial charge in [0.2, 0.25) is 16.0 Å². The van der Waals surface area contributed by atoms with Crippen LogP contribution < -0.4 is 15.8 Å². The quantitative estimate of drug-likeness (QED) is 0.475. The van der Waals surface area contributed by atoms with E-state index in [0.29, 0.717) is 25.3 Å². The molecule has 0 aliphatic rings. The maximum Gasteiger partial charge on any atom is 0.239 e. The van der Waals surface area contributed by atoms with Crippen molar-refractivity contribution in [3.8, 4) is 0 Å². The number of hydrogen-bond donors (Lipinski definition) is 4. The number of nitrogen functional groups attached to an aromatic ring is 1. The van der Waals surface area contributed by atoms with E-state index in [2.05, 4.69) is 25.2 Å². The van der Waals surface area contributed by atoms with E-state index in [1.165, 1.54) is 0 Å². The highest BCUT2D eigenvalue weighted by Crippen LogP contribution is 1.93. The lowest BCUT2D eigenvalue weighted by molar-refractivity contribution is 0.524. The minimum atomic E-state index is -3.12. The van der Waals surface area contributed by atoms with E-state index < -0.39 is 10.0 Å². The zero-order valence-electron chi connectivity index (χ0n) is 10.6. The largest absolute Gasteiger partial charge is 0.367 e. The predicted octanol–water partition coefficient (Wildman–Crippen LogP) is -1.15. The number of nitrogens with two attached hydrogens (primary N) is 1. The fraction of sp³-hybridized carbons (Fsp3) is 0.778. The summed E-state index contributed by atoms with van der Waals surface area (Å²) in [6.07, 6.45) is 0.662. The molecule has 0 saturated carbocycles. The number of anilines is 1. The number of nitrogens with zero attached hydrogens (tertiary/aromatic N) is 2. The van der Waals surface area contributed by atoms with Crippen LogP contribution in [0.25, 0.3) is 0 Å². The van der Waals surface area contributed by atoms with Gasteiger partial charge in [-0.25, -0.2) is 13.1 Å². The summed E-state index contributed by atoms with van der Waals surface area (Å²) in [5.74, 6) is 1.03. The first kappa shape index (κ1) is 14.9. The molecule has 0 aliphatic carbocycles. The molecule has 0 aromatic carbocycles. The highest BCUT2D eigenvalue weighted by Gasteiger charge is 2.09. The molecule has 0 fully saturated rings. The fourth-order valence-corrected chi connectivity index (χ4v) is 1.99. The summed E-state index contributed by atoms with van der Waals surface area (Å²) >= 11 is 0. The minimum Gasteiger partial charge on any atom is -0.367 e. The number of hydrogen-bond acceptors (Lipinski definition) is 6. The molecule has 1 aromatic rings. The summed E-state index contributed by atoms with van der Waals surface area (Å²) in [5.41, 5.74) is 5.37. The van der Waals surface area contributed by atoms with Crippen molar-refractivity contribution in [3.05, 3.63) is 5.82 Å². The Morgan fingerprint density at radius 1 is 1.50 bits per heavy atom. The van der Waals surface area contributed by atoms with Crippen LogP contribution in [0.4, 0.5) is 5.95 Å². The van der Waals surface area contributed by atoms with Crippen LogP contribution in [0.2, 0.25) is 0 Å². The highest BCUT2D eigenvalue weighted by molar-refractivity contribution is 7.89. The van der Waals surface area contributed by atoms with Crippen LogP contribution in [0.3, 0.4) is 0 Å². The SMILES string of the molecule is CCS(=O)(=O)NC[C@@H](C)NCCc1nc(N)n[nH]1. The van der Waals surface area contributed by atoms with Crippen LogP contribution in [-0.2, 0) is 16.4 Å². The van der Waals surface area contributed by atoms with E-state index in [4.69, 9.17) is 5.73 Å². The van der Waals surface area contributed by atoms with Gasteiger partial charge in [0.15, 0.2) is 0 Å². The van der Waals surface area contributed by atoms with Crippen LogP contribution in [0.1, 0.15) is 19.7 Å². The topological polar surface area (TPSA) is 126 Å². The van der Waals surface area contributed by atoms with Gasteiger partial charge in [-0.2, -0.15) is 4.98 Å². The second-order valence-electron chi connectivity index (χ2n) is 4.00. The summed E-state index contributed by atoms with van der Waals surface area (Å²) < 4.78 is 25.0. The second-order valence-corrected chi connectivity index (χ2v) is 6.09. The van der Waals surface area contributed by atoms with Gasteiger partial charge in [0, 0.05) is 25.6 Å². The van der Waals surface area contributed by atoms with Gasteiger partial charge in [-0.15, -0.1) is 5.10 Å². The molecule has 1 rings (SSSR count). The molecule has 8 nitrogen and oxygen atoms in total. The number of nitrogens with one attached hydrogen (secondary N) is 3. The van der Waals surface area contributed by atoms with E-state index >= 15 is 0 Å². The predicted molar refractivity (Wildman–Crippen MR) is 69.4 cm³/mol. The lowest BCUT2D eigenvalue weighted by Gasteiger charge is -2.13. The van der Waals surface area contributed by atoms with E-state index in [0.717, 1.165) is 0 Å². The van der Waals surface area contributed by atoms with Crippen molar-refractivity contribution in [1.82, 2.24) is 25.2 Å². The molecule has 104 valence electrons. The van der Waals surface area contributed by atoms with Crippen molar-refractivity contribution in [2.45, 2.75) is 26.3 Å². The summed E-state index contributed by atoms with van der Waals surface area (Å²) in [6.45, 7) is 4.56. The molecule has 18 heavy (non-hydrogen) atoms. The Labute approximate surface area is 107 Å². The lowest BCUT2D eigenvalue weighted by Crippen LogP contribution is -2.40. The smallest absolute Gasteiger partial charge is 0.239 e. The first-order chi connectivity index (χ1) is 8.43. The number of rotatable bonds is 8. The first-order valence-electron chi connectivity index (χ1n) is 5.80. The monoisotopic (exact) mass is 276 g/mol. The molecule has 1 aromatic heterocycles. The summed E-state index contributed by atoms with van der Waals surface area (Å²) in [6, 6.07) is 0.0478. The van der Waals surface area contributed by atoms with Crippen molar-refractivity contribution in [2.24, 2.45) is 0 Å². The normalized spacial score (nSPS) is 13.7. The fourth-order valence-electron chi connectivity index (χ4n) is 1.29. The van der Waals surface area contributed by atoms with Gasteiger partial charge in [0.25, 0.3) is 0 Å². The first-order valence-corrected chi connectivity index (χ1v) is 7.45. The third-order valence-corrected chi connectivity index (χ3v) is 3.76. The lowest BCUT2D eigenvalue weighted by atomic mass is 10.3. The molecular weight excluding hydrogens is 256 g/mol. The Balaban J connectivity index is 2.19. The second kappa shape index (κ2) is 6.66. The van der Waals surface area contributed by atoms with Crippen LogP contribution >= 0.6 is 0 Å². The molecule has 1 atom stereocenters. The van der Waals surface area contributed by atoms with Crippen molar-refractivity contribution < 1.29 is 8.42 Å². The van der Waals surface area contributed by atoms with Gasteiger partial charge in [-0.05, 0) is 13.8 Å². The number of aromatic amines is 1. The van der Waals surface area contributed by atoms with Crippen molar-refractivity contribution in [2.75, 3.05) is 24.6 Å². The van der Waals surface area contributed by atoms with Gasteiger partial charge in [-0.1, -0.05) is 0 Å². The van der Waals surface area contributed by atoms with E-state index in [1.54, 1.807) is 6.92 Å². The van der Waals surface area contributed by atoms with Crippen LogP contribution in [-0.4, -0.2) is 48.5 Å². The highest BCUT2D eigenvalue weighted by atomic mass is 32.2. The minimum absolute atomic E-state index is 0.0478. The zero-order chi connectivity index (χ0) is 13.6.